The van der Waals surface area contributed by atoms with E-state index in [1.54, 1.807) is 54.6 Å². The van der Waals surface area contributed by atoms with E-state index >= 15 is 0 Å². The summed E-state index contributed by atoms with van der Waals surface area (Å²) in [5.74, 6) is 0.399. The highest BCUT2D eigenvalue weighted by Crippen LogP contribution is 2.19. The molecule has 0 saturated carbocycles. The van der Waals surface area contributed by atoms with E-state index < -0.39 is 10.0 Å². The zero-order valence-corrected chi connectivity index (χ0v) is 16.5. The first-order valence-corrected chi connectivity index (χ1v) is 10.8. The molecule has 6 nitrogen and oxygen atoms in total. The van der Waals surface area contributed by atoms with Crippen molar-refractivity contribution < 1.29 is 17.9 Å². The van der Waals surface area contributed by atoms with Gasteiger partial charge in [-0.3, -0.25) is 4.79 Å². The Hall–Kier alpha value is -2.64. The van der Waals surface area contributed by atoms with Crippen LogP contribution in [0, 0.1) is 0 Å². The van der Waals surface area contributed by atoms with E-state index in [2.05, 4.69) is 11.9 Å². The number of hydrogen-bond donors (Lipinski definition) is 1. The highest BCUT2D eigenvalue weighted by Gasteiger charge is 2.25. The lowest BCUT2D eigenvalue weighted by molar-refractivity contribution is 0.102. The molecule has 1 aliphatic heterocycles. The fourth-order valence-electron chi connectivity index (χ4n) is 3.01. The van der Waals surface area contributed by atoms with Gasteiger partial charge in [0.1, 0.15) is 12.4 Å². The van der Waals surface area contributed by atoms with Crippen LogP contribution in [0.5, 0.6) is 5.75 Å². The molecule has 2 aromatic rings. The summed E-state index contributed by atoms with van der Waals surface area (Å²) >= 11 is 0. The smallest absolute Gasteiger partial charge is 0.255 e. The fourth-order valence-corrected chi connectivity index (χ4v) is 4.62. The third-order valence-electron chi connectivity index (χ3n) is 4.50. The Labute approximate surface area is 165 Å². The quantitative estimate of drug-likeness (QED) is 0.689. The molecule has 0 aromatic heterocycles. The summed E-state index contributed by atoms with van der Waals surface area (Å²) in [6.07, 6.45) is 3.50. The molecule has 0 spiro atoms. The molecule has 1 aliphatic rings. The van der Waals surface area contributed by atoms with E-state index in [1.165, 1.54) is 4.31 Å². The molecule has 3 rings (SSSR count). The van der Waals surface area contributed by atoms with Gasteiger partial charge in [-0.2, -0.15) is 0 Å². The first-order valence-electron chi connectivity index (χ1n) is 9.20. The number of hydrogen-bond acceptors (Lipinski definition) is 4. The van der Waals surface area contributed by atoms with Crippen molar-refractivity contribution in [2.75, 3.05) is 25.0 Å². The van der Waals surface area contributed by atoms with Crippen LogP contribution in [-0.4, -0.2) is 38.3 Å². The minimum atomic E-state index is -3.29. The second-order valence-corrected chi connectivity index (χ2v) is 8.61. The molecule has 0 bridgehead atoms. The number of rotatable bonds is 8. The summed E-state index contributed by atoms with van der Waals surface area (Å²) < 4.78 is 31.7. The second kappa shape index (κ2) is 9.03. The third kappa shape index (κ3) is 5.21. The average Bonchev–Trinajstić information content (AvgIpc) is 3.24. The van der Waals surface area contributed by atoms with Crippen LogP contribution in [0.25, 0.3) is 0 Å². The predicted octanol–water partition coefficient (Wildman–Crippen LogP) is 3.43. The van der Waals surface area contributed by atoms with Gasteiger partial charge in [0.2, 0.25) is 10.0 Å². The normalized spacial score (nSPS) is 14.6. The molecule has 1 saturated heterocycles. The Morgan fingerprint density at radius 2 is 1.71 bits per heavy atom. The van der Waals surface area contributed by atoms with Gasteiger partial charge in [-0.25, -0.2) is 12.7 Å². The molecule has 0 atom stereocenters. The summed E-state index contributed by atoms with van der Waals surface area (Å²) in [5, 5.41) is 2.81. The molecule has 1 N–H and O–H groups in total. The number of ether oxygens (including phenoxy) is 1. The van der Waals surface area contributed by atoms with Gasteiger partial charge in [0, 0.05) is 24.3 Å². The van der Waals surface area contributed by atoms with E-state index in [9.17, 15) is 13.2 Å². The van der Waals surface area contributed by atoms with E-state index in [-0.39, 0.29) is 11.7 Å². The molecular formula is C21H24N2O4S. The first-order chi connectivity index (χ1) is 13.5. The Bertz CT molecular complexity index is 916. The fraction of sp³-hybridized carbons (Fsp3) is 0.286. The number of sulfonamides is 1. The van der Waals surface area contributed by atoms with Gasteiger partial charge in [0.15, 0.2) is 0 Å². The van der Waals surface area contributed by atoms with Crippen molar-refractivity contribution in [1.29, 1.82) is 0 Å². The summed E-state index contributed by atoms with van der Waals surface area (Å²) in [6, 6.07) is 13.7. The van der Waals surface area contributed by atoms with Crippen molar-refractivity contribution in [2.45, 2.75) is 18.6 Å². The monoisotopic (exact) mass is 400 g/mol. The number of carbonyl (C=O) groups is 1. The lowest BCUT2D eigenvalue weighted by Gasteiger charge is -2.15. The third-order valence-corrected chi connectivity index (χ3v) is 6.35. The van der Waals surface area contributed by atoms with Gasteiger partial charge in [0.25, 0.3) is 5.91 Å². The number of carbonyl (C=O) groups excluding carboxylic acids is 1. The standard InChI is InChI=1S/C21H24N2O4S/c1-2-15-27-20-11-9-19(10-12-20)22-21(24)18-7-5-17(6-8-18)16-28(25,26)23-13-3-4-14-23/h2,5-12H,1,3-4,13-16H2,(H,22,24). The predicted molar refractivity (Wildman–Crippen MR) is 110 cm³/mol. The minimum absolute atomic E-state index is 0.0406. The lowest BCUT2D eigenvalue weighted by atomic mass is 10.1. The van der Waals surface area contributed by atoms with Crippen LogP contribution in [0.15, 0.2) is 61.2 Å². The maximum Gasteiger partial charge on any atom is 0.255 e. The lowest BCUT2D eigenvalue weighted by Crippen LogP contribution is -2.29. The molecule has 0 radical (unpaired) electrons. The Balaban J connectivity index is 1.59. The first kappa shape index (κ1) is 20.1. The van der Waals surface area contributed by atoms with Crippen molar-refractivity contribution in [1.82, 2.24) is 4.31 Å². The number of benzene rings is 2. The van der Waals surface area contributed by atoms with Crippen molar-refractivity contribution in [2.24, 2.45) is 0 Å². The molecule has 2 aromatic carbocycles. The SMILES string of the molecule is C=CCOc1ccc(NC(=O)c2ccc(CS(=O)(=O)N3CCCC3)cc2)cc1. The zero-order valence-electron chi connectivity index (χ0n) is 15.6. The van der Waals surface area contributed by atoms with E-state index in [4.69, 9.17) is 4.74 Å². The van der Waals surface area contributed by atoms with Crippen LogP contribution in [0.3, 0.4) is 0 Å². The van der Waals surface area contributed by atoms with Crippen molar-refractivity contribution in [3.63, 3.8) is 0 Å². The number of anilines is 1. The summed E-state index contributed by atoms with van der Waals surface area (Å²) in [7, 11) is -3.29. The molecule has 0 aliphatic carbocycles. The highest BCUT2D eigenvalue weighted by molar-refractivity contribution is 7.88. The topological polar surface area (TPSA) is 75.7 Å². The molecule has 7 heteroatoms. The molecule has 28 heavy (non-hydrogen) atoms. The number of nitrogens with zero attached hydrogens (tertiary/aromatic N) is 1. The van der Waals surface area contributed by atoms with Crippen molar-refractivity contribution >= 4 is 21.6 Å². The average molecular weight is 401 g/mol. The summed E-state index contributed by atoms with van der Waals surface area (Å²) in [6.45, 7) is 5.21. The van der Waals surface area contributed by atoms with Crippen LogP contribution < -0.4 is 10.1 Å². The van der Waals surface area contributed by atoms with Gasteiger partial charge < -0.3 is 10.1 Å². The van der Waals surface area contributed by atoms with E-state index in [0.717, 1.165) is 12.8 Å². The second-order valence-electron chi connectivity index (χ2n) is 6.64. The summed E-state index contributed by atoms with van der Waals surface area (Å²) in [5.41, 5.74) is 1.79. The van der Waals surface area contributed by atoms with Gasteiger partial charge in [0.05, 0.1) is 5.75 Å². The summed E-state index contributed by atoms with van der Waals surface area (Å²) in [4.78, 5) is 12.4. The van der Waals surface area contributed by atoms with Gasteiger partial charge in [-0.05, 0) is 54.8 Å². The van der Waals surface area contributed by atoms with Crippen LogP contribution in [0.2, 0.25) is 0 Å². The van der Waals surface area contributed by atoms with Crippen molar-refractivity contribution in [3.8, 4) is 5.75 Å². The van der Waals surface area contributed by atoms with Crippen LogP contribution >= 0.6 is 0 Å². The largest absolute Gasteiger partial charge is 0.490 e. The molecule has 1 fully saturated rings. The highest BCUT2D eigenvalue weighted by atomic mass is 32.2. The van der Waals surface area contributed by atoms with Gasteiger partial charge in [-0.1, -0.05) is 24.8 Å². The molecular weight excluding hydrogens is 376 g/mol. The molecule has 148 valence electrons. The number of nitrogens with one attached hydrogen (secondary N) is 1. The maximum absolute atomic E-state index is 12.4. The molecule has 0 unspecified atom stereocenters. The Morgan fingerprint density at radius 3 is 2.32 bits per heavy atom. The van der Waals surface area contributed by atoms with Gasteiger partial charge in [-0.15, -0.1) is 0 Å². The maximum atomic E-state index is 12.4. The Kier molecular flexibility index (Phi) is 6.49. The molecule has 1 heterocycles. The van der Waals surface area contributed by atoms with E-state index in [0.29, 0.717) is 42.3 Å². The molecule has 1 amide bonds. The van der Waals surface area contributed by atoms with E-state index in [1.807, 2.05) is 0 Å². The van der Waals surface area contributed by atoms with Gasteiger partial charge >= 0.3 is 0 Å². The number of amides is 1. The van der Waals surface area contributed by atoms with Crippen molar-refractivity contribution in [3.05, 3.63) is 72.3 Å². The Morgan fingerprint density at radius 1 is 1.07 bits per heavy atom. The van der Waals surface area contributed by atoms with Crippen LogP contribution in [-0.2, 0) is 15.8 Å². The van der Waals surface area contributed by atoms with Crippen LogP contribution in [0.4, 0.5) is 5.69 Å². The zero-order chi connectivity index (χ0) is 20.0. The van der Waals surface area contributed by atoms with Crippen LogP contribution in [0.1, 0.15) is 28.8 Å². The minimum Gasteiger partial charge on any atom is -0.490 e.